The van der Waals surface area contributed by atoms with Crippen molar-refractivity contribution < 1.29 is 9.53 Å². The Morgan fingerprint density at radius 3 is 2.57 bits per heavy atom. The van der Waals surface area contributed by atoms with E-state index in [2.05, 4.69) is 26.1 Å². The third-order valence-electron chi connectivity index (χ3n) is 3.81. The molecule has 2 aromatic carbocycles. The normalized spacial score (nSPS) is 15.3. The number of carbonyl (C=O) groups excluding carboxylic acids is 1. The molecule has 5 heteroatoms. The number of benzene rings is 2. The van der Waals surface area contributed by atoms with Crippen molar-refractivity contribution in [3.63, 3.8) is 0 Å². The Morgan fingerprint density at radius 2 is 1.87 bits per heavy atom. The van der Waals surface area contributed by atoms with E-state index in [0.29, 0.717) is 5.56 Å². The standard InChI is InChI=1S/C18H19BrN2O2/c19-16-2-1-3-17(12-16)20-18(22)15-6-4-14(5-7-15)13-21-8-10-23-11-9-21/h1-7,12H,8-11,13H2,(H,20,22). The molecule has 0 spiro atoms. The first-order valence-electron chi connectivity index (χ1n) is 7.67. The van der Waals surface area contributed by atoms with Crippen LogP contribution in [0.3, 0.4) is 0 Å². The van der Waals surface area contributed by atoms with Gasteiger partial charge in [0.25, 0.3) is 5.91 Å². The summed E-state index contributed by atoms with van der Waals surface area (Å²) in [5, 5.41) is 2.90. The lowest BCUT2D eigenvalue weighted by atomic mass is 10.1. The van der Waals surface area contributed by atoms with Crippen LogP contribution in [0, 0.1) is 0 Å². The van der Waals surface area contributed by atoms with Crippen LogP contribution in [0.2, 0.25) is 0 Å². The molecule has 0 aliphatic carbocycles. The van der Waals surface area contributed by atoms with Crippen molar-refractivity contribution in [2.24, 2.45) is 0 Å². The number of hydrogen-bond acceptors (Lipinski definition) is 3. The molecule has 0 saturated carbocycles. The zero-order chi connectivity index (χ0) is 16.1. The van der Waals surface area contributed by atoms with E-state index in [1.54, 1.807) is 0 Å². The van der Waals surface area contributed by atoms with Crippen molar-refractivity contribution in [1.82, 2.24) is 4.90 Å². The molecule has 120 valence electrons. The SMILES string of the molecule is O=C(Nc1cccc(Br)c1)c1ccc(CN2CCOCC2)cc1. The number of ether oxygens (including phenoxy) is 1. The summed E-state index contributed by atoms with van der Waals surface area (Å²) in [6.07, 6.45) is 0. The lowest BCUT2D eigenvalue weighted by molar-refractivity contribution is 0.0342. The Kier molecular flexibility index (Phi) is 5.43. The van der Waals surface area contributed by atoms with Gasteiger partial charge in [-0.1, -0.05) is 34.1 Å². The zero-order valence-electron chi connectivity index (χ0n) is 12.8. The van der Waals surface area contributed by atoms with Gasteiger partial charge in [-0.3, -0.25) is 9.69 Å². The number of amides is 1. The van der Waals surface area contributed by atoms with Gasteiger partial charge in [0.2, 0.25) is 0 Å². The molecule has 1 amide bonds. The molecule has 1 aliphatic heterocycles. The van der Waals surface area contributed by atoms with Crippen LogP contribution in [0.1, 0.15) is 15.9 Å². The van der Waals surface area contributed by atoms with Crippen LogP contribution >= 0.6 is 15.9 Å². The van der Waals surface area contributed by atoms with Gasteiger partial charge in [-0.05, 0) is 35.9 Å². The van der Waals surface area contributed by atoms with Gasteiger partial charge in [-0.15, -0.1) is 0 Å². The second-order valence-electron chi connectivity index (χ2n) is 5.55. The summed E-state index contributed by atoms with van der Waals surface area (Å²) in [7, 11) is 0. The average molecular weight is 375 g/mol. The van der Waals surface area contributed by atoms with E-state index in [9.17, 15) is 4.79 Å². The smallest absolute Gasteiger partial charge is 0.255 e. The molecule has 1 fully saturated rings. The van der Waals surface area contributed by atoms with Gasteiger partial charge in [0.15, 0.2) is 0 Å². The van der Waals surface area contributed by atoms with E-state index in [0.717, 1.165) is 43.0 Å². The van der Waals surface area contributed by atoms with Crippen LogP contribution in [0.25, 0.3) is 0 Å². The second-order valence-corrected chi connectivity index (χ2v) is 6.47. The van der Waals surface area contributed by atoms with E-state index in [1.165, 1.54) is 5.56 Å². The highest BCUT2D eigenvalue weighted by molar-refractivity contribution is 9.10. The molecule has 0 radical (unpaired) electrons. The number of anilines is 1. The van der Waals surface area contributed by atoms with Crippen LogP contribution in [0.4, 0.5) is 5.69 Å². The number of nitrogens with zero attached hydrogens (tertiary/aromatic N) is 1. The first kappa shape index (κ1) is 16.2. The molecule has 4 nitrogen and oxygen atoms in total. The first-order valence-corrected chi connectivity index (χ1v) is 8.46. The number of nitrogens with one attached hydrogen (secondary N) is 1. The number of halogens is 1. The highest BCUT2D eigenvalue weighted by Gasteiger charge is 2.11. The van der Waals surface area contributed by atoms with Crippen molar-refractivity contribution in [3.05, 3.63) is 64.1 Å². The summed E-state index contributed by atoms with van der Waals surface area (Å²) in [5.74, 6) is -0.0963. The molecule has 0 aromatic heterocycles. The summed E-state index contributed by atoms with van der Waals surface area (Å²) in [6.45, 7) is 4.42. The Hall–Kier alpha value is -1.69. The third kappa shape index (κ3) is 4.64. The van der Waals surface area contributed by atoms with Crippen molar-refractivity contribution in [2.75, 3.05) is 31.6 Å². The predicted octanol–water partition coefficient (Wildman–Crippen LogP) is 3.53. The average Bonchev–Trinajstić information content (AvgIpc) is 2.56. The van der Waals surface area contributed by atoms with Crippen molar-refractivity contribution >= 4 is 27.5 Å². The Bertz CT molecular complexity index is 667. The predicted molar refractivity (Wildman–Crippen MR) is 94.6 cm³/mol. The van der Waals surface area contributed by atoms with Crippen molar-refractivity contribution in [1.29, 1.82) is 0 Å². The van der Waals surface area contributed by atoms with E-state index < -0.39 is 0 Å². The molecule has 1 heterocycles. The largest absolute Gasteiger partial charge is 0.379 e. The molecule has 0 atom stereocenters. The monoisotopic (exact) mass is 374 g/mol. The fourth-order valence-corrected chi connectivity index (χ4v) is 2.95. The Labute approximate surface area is 144 Å². The number of hydrogen-bond donors (Lipinski definition) is 1. The minimum absolute atomic E-state index is 0.0963. The molecule has 0 unspecified atom stereocenters. The zero-order valence-corrected chi connectivity index (χ0v) is 14.4. The van der Waals surface area contributed by atoms with E-state index in [-0.39, 0.29) is 5.91 Å². The van der Waals surface area contributed by atoms with Gasteiger partial charge >= 0.3 is 0 Å². The molecule has 1 saturated heterocycles. The summed E-state index contributed by atoms with van der Waals surface area (Å²) in [5.41, 5.74) is 2.66. The van der Waals surface area contributed by atoms with Crippen molar-refractivity contribution in [2.45, 2.75) is 6.54 Å². The van der Waals surface area contributed by atoms with Crippen LogP contribution in [0.5, 0.6) is 0 Å². The maximum absolute atomic E-state index is 12.3. The summed E-state index contributed by atoms with van der Waals surface area (Å²) in [6, 6.07) is 15.4. The van der Waals surface area contributed by atoms with E-state index in [4.69, 9.17) is 4.74 Å². The van der Waals surface area contributed by atoms with Crippen LogP contribution in [0.15, 0.2) is 53.0 Å². The first-order chi connectivity index (χ1) is 11.2. The van der Waals surface area contributed by atoms with Crippen LogP contribution < -0.4 is 5.32 Å². The minimum atomic E-state index is -0.0963. The van der Waals surface area contributed by atoms with Crippen LogP contribution in [-0.2, 0) is 11.3 Å². The fraction of sp³-hybridized carbons (Fsp3) is 0.278. The second kappa shape index (κ2) is 7.73. The molecular formula is C18H19BrN2O2. The van der Waals surface area contributed by atoms with Gasteiger partial charge < -0.3 is 10.1 Å². The number of carbonyl (C=O) groups is 1. The number of rotatable bonds is 4. The Balaban J connectivity index is 1.60. The van der Waals surface area contributed by atoms with Gasteiger partial charge in [0, 0.05) is 35.4 Å². The topological polar surface area (TPSA) is 41.6 Å². The van der Waals surface area contributed by atoms with Crippen LogP contribution in [-0.4, -0.2) is 37.1 Å². The molecule has 3 rings (SSSR count). The molecule has 2 aromatic rings. The fourth-order valence-electron chi connectivity index (χ4n) is 2.55. The molecule has 1 N–H and O–H groups in total. The summed E-state index contributed by atoms with van der Waals surface area (Å²) in [4.78, 5) is 14.6. The summed E-state index contributed by atoms with van der Waals surface area (Å²) < 4.78 is 6.30. The lowest BCUT2D eigenvalue weighted by Crippen LogP contribution is -2.35. The van der Waals surface area contributed by atoms with Gasteiger partial charge in [0.05, 0.1) is 13.2 Å². The van der Waals surface area contributed by atoms with Crippen molar-refractivity contribution in [3.8, 4) is 0 Å². The van der Waals surface area contributed by atoms with Gasteiger partial charge in [0.1, 0.15) is 0 Å². The maximum Gasteiger partial charge on any atom is 0.255 e. The maximum atomic E-state index is 12.3. The molecular weight excluding hydrogens is 356 g/mol. The van der Waals surface area contributed by atoms with Gasteiger partial charge in [-0.25, -0.2) is 0 Å². The minimum Gasteiger partial charge on any atom is -0.379 e. The van der Waals surface area contributed by atoms with E-state index in [1.807, 2.05) is 48.5 Å². The van der Waals surface area contributed by atoms with E-state index >= 15 is 0 Å². The molecule has 0 bridgehead atoms. The highest BCUT2D eigenvalue weighted by Crippen LogP contribution is 2.17. The molecule has 1 aliphatic rings. The quantitative estimate of drug-likeness (QED) is 0.889. The Morgan fingerprint density at radius 1 is 1.13 bits per heavy atom. The highest BCUT2D eigenvalue weighted by atomic mass is 79.9. The summed E-state index contributed by atoms with van der Waals surface area (Å²) >= 11 is 3.40. The lowest BCUT2D eigenvalue weighted by Gasteiger charge is -2.26. The number of morpholine rings is 1. The third-order valence-corrected chi connectivity index (χ3v) is 4.30. The molecule has 23 heavy (non-hydrogen) atoms. The van der Waals surface area contributed by atoms with Gasteiger partial charge in [-0.2, -0.15) is 0 Å².